The minimum absolute atomic E-state index is 0.142. The molecule has 0 fully saturated rings. The number of hydrogen-bond acceptors (Lipinski definition) is 4. The third-order valence-electron chi connectivity index (χ3n) is 2.85. The van der Waals surface area contributed by atoms with Gasteiger partial charge >= 0.3 is 5.97 Å². The van der Waals surface area contributed by atoms with Crippen LogP contribution in [0.15, 0.2) is 16.6 Å². The largest absolute Gasteiger partial charge is 0.478 e. The van der Waals surface area contributed by atoms with Crippen molar-refractivity contribution in [2.24, 2.45) is 0 Å². The number of ether oxygens (including phenoxy) is 2. The van der Waals surface area contributed by atoms with Crippen molar-refractivity contribution in [2.75, 3.05) is 6.61 Å². The van der Waals surface area contributed by atoms with E-state index in [1.165, 1.54) is 0 Å². The summed E-state index contributed by atoms with van der Waals surface area (Å²) in [5.74, 6) is 0.197. The summed E-state index contributed by atoms with van der Waals surface area (Å²) in [4.78, 5) is 11.9. The van der Waals surface area contributed by atoms with Crippen LogP contribution < -0.4 is 4.74 Å². The lowest BCUT2D eigenvalue weighted by atomic mass is 10.1. The molecule has 0 radical (unpaired) electrons. The highest BCUT2D eigenvalue weighted by Crippen LogP contribution is 2.29. The van der Waals surface area contributed by atoms with E-state index in [1.807, 2.05) is 19.9 Å². The Bertz CT molecular complexity index is 459. The highest BCUT2D eigenvalue weighted by atomic mass is 79.9. The van der Waals surface area contributed by atoms with Gasteiger partial charge in [0, 0.05) is 10.0 Å². The van der Waals surface area contributed by atoms with E-state index in [9.17, 15) is 9.90 Å². The molecule has 1 atom stereocenters. The second kappa shape index (κ2) is 8.27. The Labute approximate surface area is 128 Å². The first-order chi connectivity index (χ1) is 9.53. The maximum absolute atomic E-state index is 11.9. The molecule has 1 unspecified atom stereocenters. The van der Waals surface area contributed by atoms with Crippen molar-refractivity contribution < 1.29 is 19.4 Å². The van der Waals surface area contributed by atoms with Gasteiger partial charge in [0.15, 0.2) is 6.10 Å². The summed E-state index contributed by atoms with van der Waals surface area (Å²) < 4.78 is 11.7. The first-order valence-electron chi connectivity index (χ1n) is 6.76. The Kier molecular flexibility index (Phi) is 7.02. The lowest BCUT2D eigenvalue weighted by molar-refractivity contribution is -0.151. The highest BCUT2D eigenvalue weighted by molar-refractivity contribution is 9.10. The van der Waals surface area contributed by atoms with Crippen LogP contribution in [0, 0.1) is 6.92 Å². The van der Waals surface area contributed by atoms with Gasteiger partial charge in [-0.3, -0.25) is 0 Å². The molecular formula is C15H21BrO4. The number of carbonyl (C=O) groups excluding carboxylic acids is 1. The van der Waals surface area contributed by atoms with Crippen LogP contribution in [0.25, 0.3) is 0 Å². The summed E-state index contributed by atoms with van der Waals surface area (Å²) in [5, 5.41) is 9.44. The van der Waals surface area contributed by atoms with Crippen LogP contribution in [-0.4, -0.2) is 23.8 Å². The van der Waals surface area contributed by atoms with Gasteiger partial charge in [-0.05, 0) is 38.0 Å². The molecule has 1 aromatic rings. The van der Waals surface area contributed by atoms with Crippen molar-refractivity contribution in [1.82, 2.24) is 0 Å². The van der Waals surface area contributed by atoms with Gasteiger partial charge in [-0.1, -0.05) is 29.3 Å². The molecule has 0 aliphatic carbocycles. The molecular weight excluding hydrogens is 324 g/mol. The fraction of sp³-hybridized carbons (Fsp3) is 0.533. The number of aryl methyl sites for hydroxylation is 1. The molecule has 20 heavy (non-hydrogen) atoms. The van der Waals surface area contributed by atoms with Gasteiger partial charge in [0.2, 0.25) is 0 Å². The van der Waals surface area contributed by atoms with Crippen LogP contribution >= 0.6 is 15.9 Å². The third-order valence-corrected chi connectivity index (χ3v) is 3.30. The molecule has 4 nitrogen and oxygen atoms in total. The molecule has 0 saturated heterocycles. The summed E-state index contributed by atoms with van der Waals surface area (Å²) in [6.45, 7) is 5.82. The number of benzene rings is 1. The van der Waals surface area contributed by atoms with E-state index in [-0.39, 0.29) is 12.6 Å². The van der Waals surface area contributed by atoms with Crippen molar-refractivity contribution in [3.8, 4) is 5.75 Å². The molecule has 0 aromatic heterocycles. The van der Waals surface area contributed by atoms with Gasteiger partial charge in [0.05, 0.1) is 13.2 Å². The molecule has 0 heterocycles. The van der Waals surface area contributed by atoms with E-state index in [0.29, 0.717) is 24.3 Å². The molecule has 0 amide bonds. The van der Waals surface area contributed by atoms with Crippen molar-refractivity contribution >= 4 is 21.9 Å². The number of hydrogen-bond donors (Lipinski definition) is 1. The van der Waals surface area contributed by atoms with E-state index in [4.69, 9.17) is 9.47 Å². The number of aliphatic hydroxyl groups is 1. The number of halogens is 1. The van der Waals surface area contributed by atoms with E-state index in [1.54, 1.807) is 13.0 Å². The summed E-state index contributed by atoms with van der Waals surface area (Å²) in [5.41, 5.74) is 1.52. The Balaban J connectivity index is 3.01. The zero-order valence-electron chi connectivity index (χ0n) is 12.1. The normalized spacial score (nSPS) is 12.1. The number of aliphatic hydroxyl groups excluding tert-OH is 1. The van der Waals surface area contributed by atoms with Gasteiger partial charge in [-0.25, -0.2) is 4.79 Å². The SMILES string of the molecule is CCCC(Oc1c(C)cc(Br)cc1CO)C(=O)OCC. The van der Waals surface area contributed by atoms with E-state index in [0.717, 1.165) is 16.5 Å². The quantitative estimate of drug-likeness (QED) is 0.770. The summed E-state index contributed by atoms with van der Waals surface area (Å²) in [6, 6.07) is 3.68. The first-order valence-corrected chi connectivity index (χ1v) is 7.55. The zero-order valence-corrected chi connectivity index (χ0v) is 13.7. The smallest absolute Gasteiger partial charge is 0.347 e. The van der Waals surface area contributed by atoms with Crippen molar-refractivity contribution in [2.45, 2.75) is 46.3 Å². The van der Waals surface area contributed by atoms with Crippen LogP contribution in [0.1, 0.15) is 37.8 Å². The lowest BCUT2D eigenvalue weighted by Gasteiger charge is -2.20. The second-order valence-electron chi connectivity index (χ2n) is 4.52. The molecule has 0 bridgehead atoms. The van der Waals surface area contributed by atoms with Crippen LogP contribution in [0.4, 0.5) is 0 Å². The van der Waals surface area contributed by atoms with Gasteiger partial charge in [-0.15, -0.1) is 0 Å². The molecule has 0 saturated carbocycles. The lowest BCUT2D eigenvalue weighted by Crippen LogP contribution is -2.30. The Hall–Kier alpha value is -1.07. The van der Waals surface area contributed by atoms with Crippen molar-refractivity contribution in [1.29, 1.82) is 0 Å². The number of carbonyl (C=O) groups is 1. The van der Waals surface area contributed by atoms with Crippen LogP contribution in [0.3, 0.4) is 0 Å². The Morgan fingerprint density at radius 1 is 1.40 bits per heavy atom. The first kappa shape index (κ1) is 17.0. The van der Waals surface area contributed by atoms with Crippen molar-refractivity contribution in [3.63, 3.8) is 0 Å². The molecule has 0 aliphatic heterocycles. The predicted molar refractivity (Wildman–Crippen MR) is 80.8 cm³/mol. The maximum atomic E-state index is 11.9. The number of esters is 1. The standard InChI is InChI=1S/C15H21BrO4/c1-4-6-13(15(18)19-5-2)20-14-10(3)7-12(16)8-11(14)9-17/h7-8,13,17H,4-6,9H2,1-3H3. The van der Waals surface area contributed by atoms with Crippen LogP contribution in [0.2, 0.25) is 0 Å². The summed E-state index contributed by atoms with van der Waals surface area (Å²) >= 11 is 3.38. The van der Waals surface area contributed by atoms with Crippen LogP contribution in [0.5, 0.6) is 5.75 Å². The van der Waals surface area contributed by atoms with Gasteiger partial charge in [0.1, 0.15) is 5.75 Å². The monoisotopic (exact) mass is 344 g/mol. The van der Waals surface area contributed by atoms with Gasteiger partial charge in [-0.2, -0.15) is 0 Å². The van der Waals surface area contributed by atoms with Crippen molar-refractivity contribution in [3.05, 3.63) is 27.7 Å². The fourth-order valence-corrected chi connectivity index (χ4v) is 2.57. The van der Waals surface area contributed by atoms with Crippen LogP contribution in [-0.2, 0) is 16.1 Å². The molecule has 1 rings (SSSR count). The summed E-state index contributed by atoms with van der Waals surface area (Å²) in [6.07, 6.45) is 0.761. The molecule has 1 N–H and O–H groups in total. The second-order valence-corrected chi connectivity index (χ2v) is 5.43. The average Bonchev–Trinajstić information content (AvgIpc) is 2.40. The van der Waals surface area contributed by atoms with Gasteiger partial charge < -0.3 is 14.6 Å². The maximum Gasteiger partial charge on any atom is 0.347 e. The minimum Gasteiger partial charge on any atom is -0.478 e. The zero-order chi connectivity index (χ0) is 15.1. The molecule has 5 heteroatoms. The summed E-state index contributed by atoms with van der Waals surface area (Å²) in [7, 11) is 0. The topological polar surface area (TPSA) is 55.8 Å². The van der Waals surface area contributed by atoms with E-state index in [2.05, 4.69) is 15.9 Å². The predicted octanol–water partition coefficient (Wildman–Crippen LogP) is 3.36. The fourth-order valence-electron chi connectivity index (χ4n) is 1.95. The average molecular weight is 345 g/mol. The molecule has 112 valence electrons. The molecule has 0 aliphatic rings. The minimum atomic E-state index is -0.634. The van der Waals surface area contributed by atoms with E-state index >= 15 is 0 Å². The van der Waals surface area contributed by atoms with Gasteiger partial charge in [0.25, 0.3) is 0 Å². The third kappa shape index (κ3) is 4.49. The molecule has 1 aromatic carbocycles. The highest BCUT2D eigenvalue weighted by Gasteiger charge is 2.23. The Morgan fingerprint density at radius 3 is 2.65 bits per heavy atom. The Morgan fingerprint density at radius 2 is 2.10 bits per heavy atom. The molecule has 0 spiro atoms. The van der Waals surface area contributed by atoms with E-state index < -0.39 is 6.10 Å². The number of rotatable bonds is 7.